The molecule has 0 spiro atoms. The fourth-order valence-electron chi connectivity index (χ4n) is 3.49. The van der Waals surface area contributed by atoms with E-state index in [0.717, 1.165) is 12.1 Å². The van der Waals surface area contributed by atoms with E-state index in [0.29, 0.717) is 29.3 Å². The van der Waals surface area contributed by atoms with Crippen molar-refractivity contribution in [2.45, 2.75) is 25.7 Å². The molecule has 2 aromatic heterocycles. The molecule has 0 fully saturated rings. The highest BCUT2D eigenvalue weighted by Crippen LogP contribution is 2.29. The molecule has 0 unspecified atom stereocenters. The zero-order valence-electron chi connectivity index (χ0n) is 19.7. The van der Waals surface area contributed by atoms with Crippen molar-refractivity contribution in [3.63, 3.8) is 0 Å². The van der Waals surface area contributed by atoms with Gasteiger partial charge in [0, 0.05) is 30.5 Å². The lowest BCUT2D eigenvalue weighted by Gasteiger charge is -2.20. The second-order valence-corrected chi connectivity index (χ2v) is 7.90. The minimum Gasteiger partial charge on any atom is -0.406 e. The van der Waals surface area contributed by atoms with Crippen LogP contribution in [-0.2, 0) is 16.5 Å². The molecule has 3 N–H and O–H groups in total. The zero-order valence-corrected chi connectivity index (χ0v) is 19.7. The molecule has 0 radical (unpaired) electrons. The topological polar surface area (TPSA) is 104 Å². The monoisotopic (exact) mass is 507 g/mol. The van der Waals surface area contributed by atoms with Crippen LogP contribution in [0, 0.1) is 5.82 Å². The lowest BCUT2D eigenvalue weighted by atomic mass is 10.0. The van der Waals surface area contributed by atoms with Gasteiger partial charge in [0.2, 0.25) is 0 Å². The largest absolute Gasteiger partial charge is 0.573 e. The Morgan fingerprint density at radius 3 is 2.67 bits per heavy atom. The first-order chi connectivity index (χ1) is 16.9. The number of nitrogens with two attached hydrogens (primary N) is 1. The van der Waals surface area contributed by atoms with Gasteiger partial charge in [0.05, 0.1) is 29.9 Å². The number of halogens is 4. The molecule has 0 saturated carbocycles. The van der Waals surface area contributed by atoms with E-state index < -0.39 is 29.9 Å². The molecule has 192 valence electrons. The fourth-order valence-corrected chi connectivity index (χ4v) is 3.49. The fraction of sp³-hybridized carbons (Fsp3) is 0.292. The molecular formula is C24H25F4N5O3. The summed E-state index contributed by atoms with van der Waals surface area (Å²) in [7, 11) is 1.68. The van der Waals surface area contributed by atoms with Crippen molar-refractivity contribution in [2.75, 3.05) is 18.9 Å². The highest BCUT2D eigenvalue weighted by Gasteiger charge is 2.31. The Morgan fingerprint density at radius 1 is 1.28 bits per heavy atom. The lowest BCUT2D eigenvalue weighted by molar-refractivity contribution is -0.303. The summed E-state index contributed by atoms with van der Waals surface area (Å²) in [5.41, 5.74) is 6.67. The van der Waals surface area contributed by atoms with Gasteiger partial charge in [0.15, 0.2) is 0 Å². The number of rotatable bonds is 10. The molecule has 12 heteroatoms. The van der Waals surface area contributed by atoms with Crippen molar-refractivity contribution >= 4 is 33.5 Å². The van der Waals surface area contributed by atoms with Gasteiger partial charge in [-0.15, -0.1) is 13.2 Å². The number of ether oxygens (including phenoxy) is 2. The van der Waals surface area contributed by atoms with E-state index in [9.17, 15) is 22.4 Å². The molecule has 8 nitrogen and oxygen atoms in total. The number of nitrogens with zero attached hydrogens (tertiary/aromatic N) is 3. The van der Waals surface area contributed by atoms with Gasteiger partial charge >= 0.3 is 6.36 Å². The van der Waals surface area contributed by atoms with E-state index in [1.165, 1.54) is 16.8 Å². The SMILES string of the molecule is C=C(/C=C\C(=C)[C@@H](COCCC)NC(=O)c1cc2c(cc1F)nc(N)c1c2cnn1C)OC(F)(F)F. The summed E-state index contributed by atoms with van der Waals surface area (Å²) in [4.78, 5) is 17.3. The Hall–Kier alpha value is -3.93. The summed E-state index contributed by atoms with van der Waals surface area (Å²) in [6, 6.07) is 1.57. The van der Waals surface area contributed by atoms with Crippen LogP contribution >= 0.6 is 0 Å². The number of fused-ring (bicyclic) bond motifs is 3. The number of carbonyl (C=O) groups is 1. The van der Waals surface area contributed by atoms with Gasteiger partial charge in [0.1, 0.15) is 22.9 Å². The first kappa shape index (κ1) is 26.7. The molecule has 0 saturated heterocycles. The third kappa shape index (κ3) is 6.19. The number of nitrogen functional groups attached to an aromatic ring is 1. The maximum absolute atomic E-state index is 14.9. The molecule has 0 aliphatic carbocycles. The third-order valence-corrected chi connectivity index (χ3v) is 5.16. The molecule has 0 aliphatic heterocycles. The van der Waals surface area contributed by atoms with E-state index in [-0.39, 0.29) is 29.1 Å². The van der Waals surface area contributed by atoms with Crippen LogP contribution in [0.1, 0.15) is 23.7 Å². The molecule has 3 aromatic rings. The van der Waals surface area contributed by atoms with E-state index in [1.807, 2.05) is 6.92 Å². The number of anilines is 1. The minimum atomic E-state index is -4.90. The van der Waals surface area contributed by atoms with Gasteiger partial charge < -0.3 is 20.5 Å². The van der Waals surface area contributed by atoms with Crippen LogP contribution in [0.5, 0.6) is 0 Å². The molecule has 3 rings (SSSR count). The van der Waals surface area contributed by atoms with Crippen LogP contribution in [0.3, 0.4) is 0 Å². The van der Waals surface area contributed by atoms with Gasteiger partial charge in [-0.1, -0.05) is 26.2 Å². The molecular weight excluding hydrogens is 482 g/mol. The Labute approximate surface area is 204 Å². The van der Waals surface area contributed by atoms with Gasteiger partial charge in [-0.25, -0.2) is 9.37 Å². The number of aromatic nitrogens is 3. The molecule has 2 heterocycles. The number of carbonyl (C=O) groups excluding carboxylic acids is 1. The van der Waals surface area contributed by atoms with E-state index in [1.54, 1.807) is 13.2 Å². The summed E-state index contributed by atoms with van der Waals surface area (Å²) in [5, 5.41) is 7.83. The summed E-state index contributed by atoms with van der Waals surface area (Å²) in [6.45, 7) is 9.15. The van der Waals surface area contributed by atoms with Crippen molar-refractivity contribution in [2.24, 2.45) is 7.05 Å². The van der Waals surface area contributed by atoms with Gasteiger partial charge in [-0.3, -0.25) is 9.48 Å². The molecule has 1 aromatic carbocycles. The van der Waals surface area contributed by atoms with E-state index in [4.69, 9.17) is 10.5 Å². The van der Waals surface area contributed by atoms with Crippen LogP contribution in [-0.4, -0.2) is 46.3 Å². The number of pyridine rings is 1. The number of hydrogen-bond acceptors (Lipinski definition) is 6. The van der Waals surface area contributed by atoms with Crippen LogP contribution < -0.4 is 11.1 Å². The number of amides is 1. The number of benzene rings is 1. The van der Waals surface area contributed by atoms with Crippen molar-refractivity contribution in [1.29, 1.82) is 0 Å². The normalized spacial score (nSPS) is 12.8. The van der Waals surface area contributed by atoms with Gasteiger partial charge in [0.25, 0.3) is 5.91 Å². The highest BCUT2D eigenvalue weighted by molar-refractivity contribution is 6.10. The predicted molar refractivity (Wildman–Crippen MR) is 127 cm³/mol. The molecule has 0 aliphatic rings. The lowest BCUT2D eigenvalue weighted by Crippen LogP contribution is -2.39. The van der Waals surface area contributed by atoms with E-state index >= 15 is 0 Å². The Kier molecular flexibility index (Phi) is 7.98. The van der Waals surface area contributed by atoms with Crippen LogP contribution in [0.25, 0.3) is 21.8 Å². The van der Waals surface area contributed by atoms with E-state index in [2.05, 4.69) is 33.3 Å². The Morgan fingerprint density at radius 2 is 2.00 bits per heavy atom. The maximum Gasteiger partial charge on any atom is 0.573 e. The highest BCUT2D eigenvalue weighted by atomic mass is 19.4. The van der Waals surface area contributed by atoms with Gasteiger partial charge in [-0.05, 0) is 24.1 Å². The second-order valence-electron chi connectivity index (χ2n) is 7.90. The summed E-state index contributed by atoms with van der Waals surface area (Å²) >= 11 is 0. The quantitative estimate of drug-likeness (QED) is 0.181. The number of alkyl halides is 3. The summed E-state index contributed by atoms with van der Waals surface area (Å²) < 4.78 is 62.7. The Bertz CT molecular complexity index is 1350. The minimum absolute atomic E-state index is 0.0461. The van der Waals surface area contributed by atoms with Crippen LogP contribution in [0.15, 0.2) is 55.0 Å². The molecule has 36 heavy (non-hydrogen) atoms. The first-order valence-corrected chi connectivity index (χ1v) is 10.8. The zero-order chi connectivity index (χ0) is 26.6. The number of allylic oxidation sites excluding steroid dienone is 1. The van der Waals surface area contributed by atoms with Crippen LogP contribution in [0.2, 0.25) is 0 Å². The number of nitrogens with one attached hydrogen (secondary N) is 1. The summed E-state index contributed by atoms with van der Waals surface area (Å²) in [6.07, 6.45) is -0.500. The average Bonchev–Trinajstić information content (AvgIpc) is 3.17. The number of aryl methyl sites for hydroxylation is 1. The van der Waals surface area contributed by atoms with Crippen LogP contribution in [0.4, 0.5) is 23.4 Å². The van der Waals surface area contributed by atoms with Crippen molar-refractivity contribution in [3.05, 3.63) is 66.4 Å². The second kappa shape index (κ2) is 10.8. The van der Waals surface area contributed by atoms with Crippen molar-refractivity contribution in [3.8, 4) is 0 Å². The first-order valence-electron chi connectivity index (χ1n) is 10.8. The molecule has 1 atom stereocenters. The molecule has 0 bridgehead atoms. The number of hydrogen-bond donors (Lipinski definition) is 2. The third-order valence-electron chi connectivity index (χ3n) is 5.16. The average molecular weight is 507 g/mol. The smallest absolute Gasteiger partial charge is 0.406 e. The summed E-state index contributed by atoms with van der Waals surface area (Å²) in [5.74, 6) is -2.12. The Balaban J connectivity index is 1.89. The van der Waals surface area contributed by atoms with Gasteiger partial charge in [-0.2, -0.15) is 5.10 Å². The standard InChI is InChI=1S/C24H25F4N5O3/c1-5-8-35-12-20(13(2)6-7-14(3)36-24(26,27)28)32-23(34)16-9-15-17-11-30-33(4)21(17)22(29)31-19(15)10-18(16)25/h6-7,9-11,20H,2-3,5,8,12H2,1,4H3,(H2,29,31)(H,32,34)/b7-6-/t20-/m1/s1. The predicted octanol–water partition coefficient (Wildman–Crippen LogP) is 4.53. The van der Waals surface area contributed by atoms with Crippen molar-refractivity contribution < 1.29 is 31.8 Å². The molecule has 1 amide bonds. The van der Waals surface area contributed by atoms with Crippen molar-refractivity contribution in [1.82, 2.24) is 20.1 Å². The maximum atomic E-state index is 14.9.